The van der Waals surface area contributed by atoms with E-state index in [0.717, 1.165) is 26.2 Å². The van der Waals surface area contributed by atoms with E-state index in [0.29, 0.717) is 0 Å². The number of nitrogens with zero attached hydrogens (tertiary/aromatic N) is 1. The van der Waals surface area contributed by atoms with Gasteiger partial charge in [-0.3, -0.25) is 4.90 Å². The molecule has 1 heterocycles. The van der Waals surface area contributed by atoms with Gasteiger partial charge in [-0.15, -0.1) is 17.9 Å². The van der Waals surface area contributed by atoms with Crippen molar-refractivity contribution in [3.63, 3.8) is 0 Å². The summed E-state index contributed by atoms with van der Waals surface area (Å²) in [4.78, 5) is 5.35. The van der Waals surface area contributed by atoms with Crippen LogP contribution in [0.4, 0.5) is 0 Å². The van der Waals surface area contributed by atoms with E-state index >= 15 is 0 Å². The van der Waals surface area contributed by atoms with Crippen LogP contribution in [0.25, 0.3) is 0 Å². The predicted molar refractivity (Wildman–Crippen MR) is 91.4 cm³/mol. The van der Waals surface area contributed by atoms with E-state index in [1.165, 1.54) is 21.7 Å². The molecule has 20 heavy (non-hydrogen) atoms. The normalized spacial score (nSPS) is 12.1. The summed E-state index contributed by atoms with van der Waals surface area (Å²) in [5, 5.41) is 3.48. The number of rotatable bonds is 8. The molecule has 1 rings (SSSR count). The van der Waals surface area contributed by atoms with Gasteiger partial charge >= 0.3 is 0 Å². The standard InChI is InChI=1S/C17H30N2S/c1-7-9-18-12-16-11-15(14(3)20-16)13-19(10-8-2)17(4,5)6/h8,11,18H,2,7,9-10,12-13H2,1,3-6H3. The zero-order valence-electron chi connectivity index (χ0n) is 13.8. The van der Waals surface area contributed by atoms with Crippen LogP contribution in [-0.2, 0) is 13.1 Å². The van der Waals surface area contributed by atoms with Crippen molar-refractivity contribution in [1.82, 2.24) is 10.2 Å². The van der Waals surface area contributed by atoms with Crippen LogP contribution in [0.15, 0.2) is 18.7 Å². The molecule has 0 saturated heterocycles. The molecule has 2 nitrogen and oxygen atoms in total. The Morgan fingerprint density at radius 3 is 2.65 bits per heavy atom. The van der Waals surface area contributed by atoms with Crippen molar-refractivity contribution in [1.29, 1.82) is 0 Å². The Kier molecular flexibility index (Phi) is 6.93. The molecule has 0 radical (unpaired) electrons. The Balaban J connectivity index is 2.72. The lowest BCUT2D eigenvalue weighted by atomic mass is 10.0. The molecule has 0 fully saturated rings. The van der Waals surface area contributed by atoms with Gasteiger partial charge < -0.3 is 5.32 Å². The third-order valence-electron chi connectivity index (χ3n) is 3.46. The number of hydrogen-bond donors (Lipinski definition) is 1. The fourth-order valence-corrected chi connectivity index (χ4v) is 3.18. The molecule has 0 bridgehead atoms. The van der Waals surface area contributed by atoms with E-state index in [-0.39, 0.29) is 5.54 Å². The number of aryl methyl sites for hydroxylation is 1. The highest BCUT2D eigenvalue weighted by Crippen LogP contribution is 2.25. The van der Waals surface area contributed by atoms with Gasteiger partial charge in [0.05, 0.1) is 0 Å². The highest BCUT2D eigenvalue weighted by molar-refractivity contribution is 7.12. The van der Waals surface area contributed by atoms with Gasteiger partial charge in [0.15, 0.2) is 0 Å². The topological polar surface area (TPSA) is 15.3 Å². The molecule has 0 spiro atoms. The zero-order chi connectivity index (χ0) is 15.2. The molecule has 0 saturated carbocycles. The average Bonchev–Trinajstić information content (AvgIpc) is 2.69. The Morgan fingerprint density at radius 2 is 2.10 bits per heavy atom. The fourth-order valence-electron chi connectivity index (χ4n) is 2.16. The van der Waals surface area contributed by atoms with Crippen molar-refractivity contribution in [2.24, 2.45) is 0 Å². The molecule has 0 aromatic carbocycles. The molecule has 0 atom stereocenters. The van der Waals surface area contributed by atoms with Crippen LogP contribution in [0.3, 0.4) is 0 Å². The molecule has 1 aromatic rings. The molecule has 0 aliphatic carbocycles. The average molecular weight is 295 g/mol. The Hall–Kier alpha value is -0.640. The third kappa shape index (κ3) is 5.39. The molecule has 0 unspecified atom stereocenters. The first-order chi connectivity index (χ1) is 9.38. The third-order valence-corrected chi connectivity index (χ3v) is 4.55. The second kappa shape index (κ2) is 7.96. The highest BCUT2D eigenvalue weighted by atomic mass is 32.1. The van der Waals surface area contributed by atoms with E-state index in [2.05, 4.69) is 57.5 Å². The maximum Gasteiger partial charge on any atom is 0.0299 e. The lowest BCUT2D eigenvalue weighted by Gasteiger charge is -2.34. The van der Waals surface area contributed by atoms with E-state index < -0.39 is 0 Å². The van der Waals surface area contributed by atoms with Gasteiger partial charge in [-0.2, -0.15) is 0 Å². The predicted octanol–water partition coefficient (Wildman–Crippen LogP) is 4.34. The quantitative estimate of drug-likeness (QED) is 0.566. The van der Waals surface area contributed by atoms with E-state index in [1.807, 2.05) is 17.4 Å². The first-order valence-corrected chi connectivity index (χ1v) is 8.35. The maximum atomic E-state index is 3.88. The molecule has 114 valence electrons. The van der Waals surface area contributed by atoms with Gasteiger partial charge in [0.25, 0.3) is 0 Å². The molecule has 3 heteroatoms. The Morgan fingerprint density at radius 1 is 1.40 bits per heavy atom. The minimum absolute atomic E-state index is 0.170. The van der Waals surface area contributed by atoms with Crippen LogP contribution in [-0.4, -0.2) is 23.5 Å². The summed E-state index contributed by atoms with van der Waals surface area (Å²) in [6.45, 7) is 19.1. The van der Waals surface area contributed by atoms with Crippen molar-refractivity contribution in [2.75, 3.05) is 13.1 Å². The first-order valence-electron chi connectivity index (χ1n) is 7.53. The van der Waals surface area contributed by atoms with Gasteiger partial charge in [-0.25, -0.2) is 0 Å². The second-order valence-corrected chi connectivity index (χ2v) is 7.65. The molecular formula is C17H30N2S. The van der Waals surface area contributed by atoms with Gasteiger partial charge in [-0.05, 0) is 52.3 Å². The van der Waals surface area contributed by atoms with E-state index in [1.54, 1.807) is 0 Å². The van der Waals surface area contributed by atoms with Crippen LogP contribution in [0, 0.1) is 6.92 Å². The van der Waals surface area contributed by atoms with Crippen LogP contribution < -0.4 is 5.32 Å². The fraction of sp³-hybridized carbons (Fsp3) is 0.647. The summed E-state index contributed by atoms with van der Waals surface area (Å²) in [5.41, 5.74) is 1.63. The first kappa shape index (κ1) is 17.4. The maximum absolute atomic E-state index is 3.88. The zero-order valence-corrected chi connectivity index (χ0v) is 14.6. The second-order valence-electron chi connectivity index (χ2n) is 6.31. The van der Waals surface area contributed by atoms with Gasteiger partial charge in [0.1, 0.15) is 0 Å². The molecule has 0 aliphatic heterocycles. The molecule has 1 N–H and O–H groups in total. The summed E-state index contributed by atoms with van der Waals surface area (Å²) in [7, 11) is 0. The van der Waals surface area contributed by atoms with Gasteiger partial charge in [0.2, 0.25) is 0 Å². The summed E-state index contributed by atoms with van der Waals surface area (Å²) in [5.74, 6) is 0. The van der Waals surface area contributed by atoms with Gasteiger partial charge in [0, 0.05) is 34.9 Å². The van der Waals surface area contributed by atoms with Crippen molar-refractivity contribution in [3.05, 3.63) is 34.0 Å². The SMILES string of the molecule is C=CCN(Cc1cc(CNCCC)sc1C)C(C)(C)C. The van der Waals surface area contributed by atoms with Crippen LogP contribution in [0.2, 0.25) is 0 Å². The van der Waals surface area contributed by atoms with E-state index in [4.69, 9.17) is 0 Å². The molecular weight excluding hydrogens is 264 g/mol. The molecule has 0 amide bonds. The minimum atomic E-state index is 0.170. The minimum Gasteiger partial charge on any atom is -0.312 e. The van der Waals surface area contributed by atoms with Crippen molar-refractivity contribution >= 4 is 11.3 Å². The van der Waals surface area contributed by atoms with Crippen LogP contribution in [0.1, 0.15) is 49.4 Å². The summed E-state index contributed by atoms with van der Waals surface area (Å²) >= 11 is 1.92. The largest absolute Gasteiger partial charge is 0.312 e. The Labute approximate surface area is 128 Å². The van der Waals surface area contributed by atoms with Crippen molar-refractivity contribution in [2.45, 2.75) is 59.7 Å². The number of nitrogens with one attached hydrogen (secondary N) is 1. The van der Waals surface area contributed by atoms with Crippen LogP contribution in [0.5, 0.6) is 0 Å². The summed E-state index contributed by atoms with van der Waals surface area (Å²) < 4.78 is 0. The Bertz CT molecular complexity index is 415. The lowest BCUT2D eigenvalue weighted by molar-refractivity contribution is 0.145. The number of thiophene rings is 1. The highest BCUT2D eigenvalue weighted by Gasteiger charge is 2.21. The van der Waals surface area contributed by atoms with Crippen LogP contribution >= 0.6 is 11.3 Å². The molecule has 1 aromatic heterocycles. The lowest BCUT2D eigenvalue weighted by Crippen LogP contribution is -2.40. The monoisotopic (exact) mass is 294 g/mol. The van der Waals surface area contributed by atoms with E-state index in [9.17, 15) is 0 Å². The van der Waals surface area contributed by atoms with Gasteiger partial charge in [-0.1, -0.05) is 13.0 Å². The smallest absolute Gasteiger partial charge is 0.0299 e. The van der Waals surface area contributed by atoms with Crippen molar-refractivity contribution < 1.29 is 0 Å². The number of hydrogen-bond acceptors (Lipinski definition) is 3. The molecule has 0 aliphatic rings. The summed E-state index contributed by atoms with van der Waals surface area (Å²) in [6.07, 6.45) is 3.19. The summed E-state index contributed by atoms with van der Waals surface area (Å²) in [6, 6.07) is 2.37. The van der Waals surface area contributed by atoms with Crippen molar-refractivity contribution in [3.8, 4) is 0 Å².